The predicted octanol–water partition coefficient (Wildman–Crippen LogP) is 2.54. The average molecular weight is 341 g/mol. The smallest absolute Gasteiger partial charge is 0.122 e. The highest BCUT2D eigenvalue weighted by atomic mass is 16.5. The maximum absolute atomic E-state index is 6.54. The molecular weight excluding hydrogens is 314 g/mol. The molecule has 2 aromatic rings. The van der Waals surface area contributed by atoms with Gasteiger partial charge in [-0.3, -0.25) is 9.58 Å². The zero-order valence-electron chi connectivity index (χ0n) is 15.1. The molecule has 0 unspecified atom stereocenters. The topological polar surface area (TPSA) is 39.5 Å². The second-order valence-corrected chi connectivity index (χ2v) is 7.09. The van der Waals surface area contributed by atoms with Crippen molar-refractivity contribution in [1.29, 1.82) is 0 Å². The SMILES string of the molecule is CCCN1C[C@H](Cn2cccn2)O[C@@H]2Cc3c(cccc3OC)C[C@H]21. The Bertz CT molecular complexity index is 701. The van der Waals surface area contributed by atoms with Crippen molar-refractivity contribution in [2.24, 2.45) is 0 Å². The van der Waals surface area contributed by atoms with Crippen molar-refractivity contribution in [2.45, 2.75) is 51.0 Å². The molecule has 1 aromatic carbocycles. The number of methoxy groups -OCH3 is 1. The van der Waals surface area contributed by atoms with Crippen LogP contribution in [0.5, 0.6) is 5.75 Å². The van der Waals surface area contributed by atoms with Crippen LogP contribution < -0.4 is 4.74 Å². The lowest BCUT2D eigenvalue weighted by molar-refractivity contribution is -0.128. The summed E-state index contributed by atoms with van der Waals surface area (Å²) in [6, 6.07) is 8.85. The Morgan fingerprint density at radius 1 is 1.28 bits per heavy atom. The summed E-state index contributed by atoms with van der Waals surface area (Å²) >= 11 is 0. The second-order valence-electron chi connectivity index (χ2n) is 7.09. The fourth-order valence-electron chi connectivity index (χ4n) is 4.37. The van der Waals surface area contributed by atoms with E-state index in [1.165, 1.54) is 17.5 Å². The Balaban J connectivity index is 1.58. The molecule has 1 aliphatic heterocycles. The summed E-state index contributed by atoms with van der Waals surface area (Å²) in [6.45, 7) is 5.18. The number of hydrogen-bond acceptors (Lipinski definition) is 4. The van der Waals surface area contributed by atoms with Crippen LogP contribution in [0.3, 0.4) is 0 Å². The van der Waals surface area contributed by atoms with E-state index in [-0.39, 0.29) is 12.2 Å². The Hall–Kier alpha value is -1.85. The van der Waals surface area contributed by atoms with Gasteiger partial charge in [0, 0.05) is 31.4 Å². The second kappa shape index (κ2) is 7.18. The highest BCUT2D eigenvalue weighted by Gasteiger charge is 2.40. The highest BCUT2D eigenvalue weighted by Crippen LogP contribution is 2.35. The Morgan fingerprint density at radius 3 is 2.96 bits per heavy atom. The van der Waals surface area contributed by atoms with Crippen molar-refractivity contribution < 1.29 is 9.47 Å². The number of nitrogens with zero attached hydrogens (tertiary/aromatic N) is 3. The molecule has 2 heterocycles. The van der Waals surface area contributed by atoms with E-state index in [1.54, 1.807) is 7.11 Å². The van der Waals surface area contributed by atoms with Crippen molar-refractivity contribution in [3.63, 3.8) is 0 Å². The van der Waals surface area contributed by atoms with Crippen LogP contribution in [0.1, 0.15) is 24.5 Å². The number of fused-ring (bicyclic) bond motifs is 2. The van der Waals surface area contributed by atoms with Gasteiger partial charge in [-0.05, 0) is 42.6 Å². The molecule has 5 nitrogen and oxygen atoms in total. The van der Waals surface area contributed by atoms with E-state index in [0.717, 1.165) is 38.2 Å². The third kappa shape index (κ3) is 3.31. The van der Waals surface area contributed by atoms with E-state index in [4.69, 9.17) is 9.47 Å². The van der Waals surface area contributed by atoms with E-state index in [9.17, 15) is 0 Å². The first-order valence-electron chi connectivity index (χ1n) is 9.30. The van der Waals surface area contributed by atoms with Crippen LogP contribution in [0.25, 0.3) is 0 Å². The molecule has 0 N–H and O–H groups in total. The van der Waals surface area contributed by atoms with Gasteiger partial charge >= 0.3 is 0 Å². The van der Waals surface area contributed by atoms with Gasteiger partial charge in [0.25, 0.3) is 0 Å². The number of rotatable bonds is 5. The lowest BCUT2D eigenvalue weighted by atomic mass is 9.83. The number of benzene rings is 1. The zero-order chi connectivity index (χ0) is 17.2. The molecule has 0 amide bonds. The van der Waals surface area contributed by atoms with Crippen molar-refractivity contribution in [2.75, 3.05) is 20.2 Å². The summed E-state index contributed by atoms with van der Waals surface area (Å²) in [7, 11) is 1.76. The third-order valence-electron chi connectivity index (χ3n) is 5.45. The molecular formula is C20H27N3O2. The first-order valence-corrected chi connectivity index (χ1v) is 9.30. The lowest BCUT2D eigenvalue weighted by Crippen LogP contribution is -2.58. The van der Waals surface area contributed by atoms with E-state index in [1.807, 2.05) is 23.1 Å². The Labute approximate surface area is 149 Å². The van der Waals surface area contributed by atoms with Crippen LogP contribution in [0.15, 0.2) is 36.7 Å². The highest BCUT2D eigenvalue weighted by molar-refractivity contribution is 5.43. The molecule has 2 aliphatic rings. The van der Waals surface area contributed by atoms with Crippen LogP contribution in [0.4, 0.5) is 0 Å². The molecule has 25 heavy (non-hydrogen) atoms. The zero-order valence-corrected chi connectivity index (χ0v) is 15.1. The predicted molar refractivity (Wildman–Crippen MR) is 96.9 cm³/mol. The third-order valence-corrected chi connectivity index (χ3v) is 5.45. The van der Waals surface area contributed by atoms with Crippen molar-refractivity contribution in [1.82, 2.24) is 14.7 Å². The Kier molecular flexibility index (Phi) is 4.77. The van der Waals surface area contributed by atoms with Gasteiger partial charge in [0.2, 0.25) is 0 Å². The number of ether oxygens (including phenoxy) is 2. The average Bonchev–Trinajstić information content (AvgIpc) is 3.13. The summed E-state index contributed by atoms with van der Waals surface area (Å²) in [5.74, 6) is 0.996. The summed E-state index contributed by atoms with van der Waals surface area (Å²) in [5.41, 5.74) is 2.73. The maximum atomic E-state index is 6.54. The molecule has 0 spiro atoms. The molecule has 0 bridgehead atoms. The maximum Gasteiger partial charge on any atom is 0.122 e. The fraction of sp³-hybridized carbons (Fsp3) is 0.550. The van der Waals surface area contributed by atoms with Crippen molar-refractivity contribution in [3.05, 3.63) is 47.8 Å². The van der Waals surface area contributed by atoms with Gasteiger partial charge in [-0.15, -0.1) is 0 Å². The summed E-state index contributed by atoms with van der Waals surface area (Å²) in [6.07, 6.45) is 7.40. The summed E-state index contributed by atoms with van der Waals surface area (Å²) in [4.78, 5) is 2.63. The minimum absolute atomic E-state index is 0.184. The molecule has 4 rings (SSSR count). The minimum Gasteiger partial charge on any atom is -0.496 e. The van der Waals surface area contributed by atoms with Gasteiger partial charge in [0.05, 0.1) is 25.9 Å². The number of morpholine rings is 1. The van der Waals surface area contributed by atoms with Crippen LogP contribution in [-0.4, -0.2) is 53.1 Å². The largest absolute Gasteiger partial charge is 0.496 e. The van der Waals surface area contributed by atoms with E-state index in [0.29, 0.717) is 6.04 Å². The monoisotopic (exact) mass is 341 g/mol. The fourth-order valence-corrected chi connectivity index (χ4v) is 4.37. The van der Waals surface area contributed by atoms with Crippen molar-refractivity contribution >= 4 is 0 Å². The molecule has 1 fully saturated rings. The standard InChI is InChI=1S/C20H27N3O2/c1-3-9-22-13-16(14-23-10-5-8-21-23)25-20-12-17-15(11-18(20)22)6-4-7-19(17)24-2/h4-8,10,16,18,20H,3,9,11-14H2,1-2H3/t16-,18-,20-/m1/s1. The summed E-state index contributed by atoms with van der Waals surface area (Å²) in [5, 5.41) is 4.35. The lowest BCUT2D eigenvalue weighted by Gasteiger charge is -2.47. The van der Waals surface area contributed by atoms with Crippen LogP contribution in [0, 0.1) is 0 Å². The van der Waals surface area contributed by atoms with Crippen LogP contribution in [-0.2, 0) is 24.1 Å². The first kappa shape index (κ1) is 16.6. The molecule has 134 valence electrons. The van der Waals surface area contributed by atoms with Gasteiger partial charge in [-0.25, -0.2) is 0 Å². The molecule has 1 aromatic heterocycles. The molecule has 5 heteroatoms. The summed E-state index contributed by atoms with van der Waals surface area (Å²) < 4.78 is 14.1. The quantitative estimate of drug-likeness (QED) is 0.838. The number of aromatic nitrogens is 2. The first-order chi connectivity index (χ1) is 12.3. The Morgan fingerprint density at radius 2 is 2.20 bits per heavy atom. The van der Waals surface area contributed by atoms with E-state index < -0.39 is 0 Å². The minimum atomic E-state index is 0.184. The van der Waals surface area contributed by atoms with Gasteiger partial charge in [-0.1, -0.05) is 19.1 Å². The van der Waals surface area contributed by atoms with Gasteiger partial charge < -0.3 is 9.47 Å². The molecule has 1 saturated heterocycles. The van der Waals surface area contributed by atoms with E-state index in [2.05, 4.69) is 35.1 Å². The van der Waals surface area contributed by atoms with Crippen LogP contribution in [0.2, 0.25) is 0 Å². The molecule has 0 saturated carbocycles. The molecule has 3 atom stereocenters. The van der Waals surface area contributed by atoms with E-state index >= 15 is 0 Å². The number of hydrogen-bond donors (Lipinski definition) is 0. The van der Waals surface area contributed by atoms with Crippen molar-refractivity contribution in [3.8, 4) is 5.75 Å². The van der Waals surface area contributed by atoms with Crippen LogP contribution >= 0.6 is 0 Å². The normalized spacial score (nSPS) is 26.1. The molecule has 1 aliphatic carbocycles. The van der Waals surface area contributed by atoms with Gasteiger partial charge in [0.1, 0.15) is 5.75 Å². The van der Waals surface area contributed by atoms with Gasteiger partial charge in [-0.2, -0.15) is 5.10 Å². The molecule has 0 radical (unpaired) electrons. The van der Waals surface area contributed by atoms with Gasteiger partial charge in [0.15, 0.2) is 0 Å².